The minimum Gasteiger partial charge on any atom is -0.481 e. The van der Waals surface area contributed by atoms with Crippen molar-refractivity contribution in [2.75, 3.05) is 5.32 Å². The number of anilines is 1. The van der Waals surface area contributed by atoms with E-state index in [4.69, 9.17) is 5.11 Å². The van der Waals surface area contributed by atoms with Crippen molar-refractivity contribution < 1.29 is 14.7 Å². The number of carbonyl (C=O) groups excluding carboxylic acids is 1. The Bertz CT molecular complexity index is 766. The summed E-state index contributed by atoms with van der Waals surface area (Å²) in [6.07, 6.45) is 3.58. The Morgan fingerprint density at radius 2 is 1.84 bits per heavy atom. The number of aliphatic carboxylic acids is 1. The van der Waals surface area contributed by atoms with E-state index in [1.807, 2.05) is 24.3 Å². The van der Waals surface area contributed by atoms with Crippen LogP contribution in [0.3, 0.4) is 0 Å². The lowest BCUT2D eigenvalue weighted by molar-refractivity contribution is -0.138. The first-order valence-electron chi connectivity index (χ1n) is 8.68. The van der Waals surface area contributed by atoms with Crippen molar-refractivity contribution in [1.82, 2.24) is 0 Å². The van der Waals surface area contributed by atoms with Gasteiger partial charge in [0.2, 0.25) is 5.91 Å². The summed E-state index contributed by atoms with van der Waals surface area (Å²) in [7, 11) is 0. The highest BCUT2D eigenvalue weighted by Gasteiger charge is 2.44. The van der Waals surface area contributed by atoms with Crippen LogP contribution in [-0.2, 0) is 16.0 Å². The largest absolute Gasteiger partial charge is 0.481 e. The Hall–Kier alpha value is -2.62. The third kappa shape index (κ3) is 3.73. The lowest BCUT2D eigenvalue weighted by Gasteiger charge is -2.40. The zero-order valence-corrected chi connectivity index (χ0v) is 14.4. The standard InChI is InChI=1S/C21H23NO3/c1-15(19(23)24)17-9-5-10-18(13-17)22-20(25)21(11-6-12-21)14-16-7-3-2-4-8-16/h2-5,7-10,13,15H,6,11-12,14H2,1H3,(H,22,25)(H,23,24). The smallest absolute Gasteiger partial charge is 0.310 e. The van der Waals surface area contributed by atoms with Crippen molar-refractivity contribution in [2.45, 2.75) is 38.5 Å². The number of amides is 1. The molecule has 0 aliphatic heterocycles. The summed E-state index contributed by atoms with van der Waals surface area (Å²) in [6, 6.07) is 17.2. The van der Waals surface area contributed by atoms with E-state index in [0.29, 0.717) is 11.3 Å². The van der Waals surface area contributed by atoms with Gasteiger partial charge >= 0.3 is 5.97 Å². The second kappa shape index (κ2) is 7.09. The molecule has 0 radical (unpaired) electrons. The number of rotatable bonds is 6. The summed E-state index contributed by atoms with van der Waals surface area (Å²) < 4.78 is 0. The molecule has 0 spiro atoms. The summed E-state index contributed by atoms with van der Waals surface area (Å²) in [5, 5.41) is 12.2. The highest BCUT2D eigenvalue weighted by Crippen LogP contribution is 2.44. The van der Waals surface area contributed by atoms with Crippen LogP contribution < -0.4 is 5.32 Å². The third-order valence-electron chi connectivity index (χ3n) is 5.19. The molecule has 0 aromatic heterocycles. The van der Waals surface area contributed by atoms with Gasteiger partial charge in [-0.25, -0.2) is 0 Å². The van der Waals surface area contributed by atoms with Crippen LogP contribution in [0.1, 0.15) is 43.2 Å². The van der Waals surface area contributed by atoms with Crippen LogP contribution in [-0.4, -0.2) is 17.0 Å². The summed E-state index contributed by atoms with van der Waals surface area (Å²) in [6.45, 7) is 1.64. The Morgan fingerprint density at radius 3 is 2.44 bits per heavy atom. The van der Waals surface area contributed by atoms with Crippen LogP contribution in [0.25, 0.3) is 0 Å². The lowest BCUT2D eigenvalue weighted by Crippen LogP contribution is -2.43. The molecule has 2 N–H and O–H groups in total. The van der Waals surface area contributed by atoms with Crippen LogP contribution >= 0.6 is 0 Å². The summed E-state index contributed by atoms with van der Waals surface area (Å²) >= 11 is 0. The Morgan fingerprint density at radius 1 is 1.12 bits per heavy atom. The van der Waals surface area contributed by atoms with E-state index < -0.39 is 11.9 Å². The molecule has 1 fully saturated rings. The highest BCUT2D eigenvalue weighted by atomic mass is 16.4. The molecular weight excluding hydrogens is 314 g/mol. The summed E-state index contributed by atoms with van der Waals surface area (Å²) in [5.41, 5.74) is 2.17. The molecule has 1 aliphatic carbocycles. The maximum absolute atomic E-state index is 12.9. The molecular formula is C21H23NO3. The van der Waals surface area contributed by atoms with Gasteiger partial charge in [-0.3, -0.25) is 9.59 Å². The van der Waals surface area contributed by atoms with Gasteiger partial charge in [0.05, 0.1) is 11.3 Å². The van der Waals surface area contributed by atoms with Gasteiger partial charge in [-0.15, -0.1) is 0 Å². The topological polar surface area (TPSA) is 66.4 Å². The predicted molar refractivity (Wildman–Crippen MR) is 97.6 cm³/mol. The quantitative estimate of drug-likeness (QED) is 0.829. The van der Waals surface area contributed by atoms with Crippen molar-refractivity contribution in [3.8, 4) is 0 Å². The number of benzene rings is 2. The summed E-state index contributed by atoms with van der Waals surface area (Å²) in [5.74, 6) is -1.44. The van der Waals surface area contributed by atoms with Crippen molar-refractivity contribution in [2.24, 2.45) is 5.41 Å². The molecule has 130 valence electrons. The van der Waals surface area contributed by atoms with Crippen LogP contribution in [0.15, 0.2) is 54.6 Å². The number of carboxylic acid groups (broad SMARTS) is 1. The van der Waals surface area contributed by atoms with Gasteiger partial charge in [-0.05, 0) is 49.4 Å². The van der Waals surface area contributed by atoms with E-state index in [2.05, 4.69) is 17.4 Å². The molecule has 1 amide bonds. The van der Waals surface area contributed by atoms with E-state index in [1.54, 1.807) is 25.1 Å². The van der Waals surface area contributed by atoms with E-state index in [0.717, 1.165) is 25.7 Å². The van der Waals surface area contributed by atoms with Crippen molar-refractivity contribution in [3.63, 3.8) is 0 Å². The fourth-order valence-corrected chi connectivity index (χ4v) is 3.37. The SMILES string of the molecule is CC(C(=O)O)c1cccc(NC(=O)C2(Cc3ccccc3)CCC2)c1. The van der Waals surface area contributed by atoms with Crippen molar-refractivity contribution in [1.29, 1.82) is 0 Å². The van der Waals surface area contributed by atoms with Gasteiger partial charge in [-0.2, -0.15) is 0 Å². The molecule has 1 saturated carbocycles. The predicted octanol–water partition coefficient (Wildman–Crippen LogP) is 4.23. The first kappa shape index (κ1) is 17.2. The van der Waals surface area contributed by atoms with Crippen LogP contribution in [0.2, 0.25) is 0 Å². The van der Waals surface area contributed by atoms with E-state index in [1.165, 1.54) is 5.56 Å². The van der Waals surface area contributed by atoms with Crippen LogP contribution in [0.5, 0.6) is 0 Å². The van der Waals surface area contributed by atoms with E-state index in [-0.39, 0.29) is 11.3 Å². The zero-order chi connectivity index (χ0) is 17.9. The molecule has 25 heavy (non-hydrogen) atoms. The number of nitrogens with one attached hydrogen (secondary N) is 1. The maximum Gasteiger partial charge on any atom is 0.310 e. The number of hydrogen-bond acceptors (Lipinski definition) is 2. The Labute approximate surface area is 147 Å². The lowest BCUT2D eigenvalue weighted by atomic mass is 9.64. The average Bonchev–Trinajstić information content (AvgIpc) is 2.58. The molecule has 2 aromatic carbocycles. The second-order valence-corrected chi connectivity index (χ2v) is 6.94. The number of hydrogen-bond donors (Lipinski definition) is 2. The average molecular weight is 337 g/mol. The van der Waals surface area contributed by atoms with Crippen LogP contribution in [0, 0.1) is 5.41 Å². The molecule has 1 unspecified atom stereocenters. The fourth-order valence-electron chi connectivity index (χ4n) is 3.37. The monoisotopic (exact) mass is 337 g/mol. The Kier molecular flexibility index (Phi) is 4.88. The maximum atomic E-state index is 12.9. The molecule has 2 aromatic rings. The van der Waals surface area contributed by atoms with Gasteiger partial charge in [-0.1, -0.05) is 48.9 Å². The van der Waals surface area contributed by atoms with E-state index in [9.17, 15) is 9.59 Å². The van der Waals surface area contributed by atoms with Gasteiger partial charge < -0.3 is 10.4 Å². The molecule has 1 aliphatic rings. The first-order valence-corrected chi connectivity index (χ1v) is 8.68. The van der Waals surface area contributed by atoms with Crippen LogP contribution in [0.4, 0.5) is 5.69 Å². The molecule has 0 bridgehead atoms. The molecule has 3 rings (SSSR count). The zero-order valence-electron chi connectivity index (χ0n) is 14.4. The summed E-state index contributed by atoms with van der Waals surface area (Å²) in [4.78, 5) is 24.1. The third-order valence-corrected chi connectivity index (χ3v) is 5.19. The van der Waals surface area contributed by atoms with Gasteiger partial charge in [0, 0.05) is 5.69 Å². The molecule has 1 atom stereocenters. The van der Waals surface area contributed by atoms with Gasteiger partial charge in [0.25, 0.3) is 0 Å². The van der Waals surface area contributed by atoms with Crippen molar-refractivity contribution in [3.05, 3.63) is 65.7 Å². The Balaban J connectivity index is 1.74. The molecule has 0 saturated heterocycles. The second-order valence-electron chi connectivity index (χ2n) is 6.94. The first-order chi connectivity index (χ1) is 12.0. The molecule has 4 nitrogen and oxygen atoms in total. The minimum atomic E-state index is -0.872. The van der Waals surface area contributed by atoms with Gasteiger partial charge in [0.1, 0.15) is 0 Å². The van der Waals surface area contributed by atoms with Crippen molar-refractivity contribution >= 4 is 17.6 Å². The highest BCUT2D eigenvalue weighted by molar-refractivity contribution is 5.96. The molecule has 4 heteroatoms. The number of carbonyl (C=O) groups is 2. The number of carboxylic acids is 1. The fraction of sp³-hybridized carbons (Fsp3) is 0.333. The minimum absolute atomic E-state index is 0.0303. The normalized spacial score (nSPS) is 16.5. The van der Waals surface area contributed by atoms with Gasteiger partial charge in [0.15, 0.2) is 0 Å². The van der Waals surface area contributed by atoms with E-state index >= 15 is 0 Å². The molecule has 0 heterocycles.